The van der Waals surface area contributed by atoms with E-state index < -0.39 is 11.5 Å². The van der Waals surface area contributed by atoms with Crippen LogP contribution in [0.1, 0.15) is 37.7 Å². The van der Waals surface area contributed by atoms with E-state index in [4.69, 9.17) is 8.83 Å². The van der Waals surface area contributed by atoms with Crippen LogP contribution in [0.25, 0.3) is 5.57 Å². The Labute approximate surface area is 123 Å². The van der Waals surface area contributed by atoms with Gasteiger partial charge in [-0.25, -0.2) is 0 Å². The minimum atomic E-state index is -1.45. The summed E-state index contributed by atoms with van der Waals surface area (Å²) in [5, 5.41) is 11.3. The average Bonchev–Trinajstić information content (AvgIpc) is 3.19. The largest absolute Gasteiger partial charge is 0.466 e. The van der Waals surface area contributed by atoms with E-state index in [0.717, 1.165) is 12.8 Å². The molecule has 4 heteroatoms. The lowest BCUT2D eigenvalue weighted by atomic mass is 9.79. The van der Waals surface area contributed by atoms with Crippen LogP contribution in [0.4, 0.5) is 0 Å². The Morgan fingerprint density at radius 3 is 2.62 bits per heavy atom. The molecule has 0 saturated carbocycles. The van der Waals surface area contributed by atoms with Crippen molar-refractivity contribution in [3.05, 3.63) is 54.4 Å². The maximum absolute atomic E-state index is 12.4. The van der Waals surface area contributed by atoms with Gasteiger partial charge < -0.3 is 13.9 Å². The van der Waals surface area contributed by atoms with Crippen LogP contribution in [0.2, 0.25) is 0 Å². The lowest BCUT2D eigenvalue weighted by molar-refractivity contribution is -0.123. The van der Waals surface area contributed by atoms with Crippen molar-refractivity contribution in [2.24, 2.45) is 5.92 Å². The highest BCUT2D eigenvalue weighted by Crippen LogP contribution is 2.49. The van der Waals surface area contributed by atoms with Crippen LogP contribution in [0.15, 0.2) is 51.7 Å². The van der Waals surface area contributed by atoms with Gasteiger partial charge in [-0.05, 0) is 36.8 Å². The van der Waals surface area contributed by atoms with E-state index in [1.165, 1.54) is 18.6 Å². The first-order valence-corrected chi connectivity index (χ1v) is 7.24. The second kappa shape index (κ2) is 5.37. The van der Waals surface area contributed by atoms with Gasteiger partial charge in [0.15, 0.2) is 11.4 Å². The topological polar surface area (TPSA) is 63.6 Å². The van der Waals surface area contributed by atoms with Gasteiger partial charge in [0.2, 0.25) is 0 Å². The number of aliphatic hydroxyl groups is 1. The first kappa shape index (κ1) is 13.9. The molecular weight excluding hydrogens is 268 g/mol. The molecular formula is C17H18O4. The molecule has 0 amide bonds. The predicted molar refractivity (Wildman–Crippen MR) is 77.3 cm³/mol. The van der Waals surface area contributed by atoms with E-state index in [-0.39, 0.29) is 5.78 Å². The molecule has 1 aliphatic rings. The highest BCUT2D eigenvalue weighted by atomic mass is 16.4. The van der Waals surface area contributed by atoms with Crippen LogP contribution in [-0.2, 0) is 10.4 Å². The minimum absolute atomic E-state index is 0.0752. The normalized spacial score (nSPS) is 25.3. The quantitative estimate of drug-likeness (QED) is 0.913. The number of furan rings is 2. The highest BCUT2D eigenvalue weighted by molar-refractivity contribution is 6.06. The van der Waals surface area contributed by atoms with Gasteiger partial charge in [0, 0.05) is 5.57 Å². The maximum atomic E-state index is 12.4. The van der Waals surface area contributed by atoms with Gasteiger partial charge in [-0.15, -0.1) is 0 Å². The Morgan fingerprint density at radius 1 is 1.24 bits per heavy atom. The molecule has 0 spiro atoms. The highest BCUT2D eigenvalue weighted by Gasteiger charge is 2.52. The van der Waals surface area contributed by atoms with E-state index in [1.807, 2.05) is 0 Å². The Morgan fingerprint density at radius 2 is 2.00 bits per heavy atom. The second-order valence-corrected chi connectivity index (χ2v) is 5.38. The Balaban J connectivity index is 2.07. The summed E-state index contributed by atoms with van der Waals surface area (Å²) in [7, 11) is 0. The van der Waals surface area contributed by atoms with Crippen molar-refractivity contribution in [1.82, 2.24) is 0 Å². The van der Waals surface area contributed by atoms with Gasteiger partial charge in [-0.2, -0.15) is 0 Å². The van der Waals surface area contributed by atoms with Crippen LogP contribution in [0.3, 0.4) is 0 Å². The van der Waals surface area contributed by atoms with Gasteiger partial charge in [0.05, 0.1) is 18.4 Å². The summed E-state index contributed by atoms with van der Waals surface area (Å²) >= 11 is 0. The van der Waals surface area contributed by atoms with Crippen LogP contribution >= 0.6 is 0 Å². The molecule has 0 saturated heterocycles. The number of hydrogen-bond acceptors (Lipinski definition) is 4. The lowest BCUT2D eigenvalue weighted by Gasteiger charge is -2.29. The molecule has 1 N–H and O–H groups in total. The number of hydrogen-bond donors (Lipinski definition) is 1. The molecule has 0 radical (unpaired) electrons. The Bertz CT molecular complexity index is 636. The van der Waals surface area contributed by atoms with Crippen molar-refractivity contribution in [3.8, 4) is 0 Å². The van der Waals surface area contributed by atoms with Gasteiger partial charge in [-0.3, -0.25) is 4.79 Å². The third-order valence-electron chi connectivity index (χ3n) is 4.07. The standard InChI is InChI=1S/C17H18O4/c1-2-3-6-12-14(18)11-13(15-7-4-9-20-15)17(12,19)16-8-5-10-21-16/h4-5,7-12,19H,2-3,6H2,1H3. The molecule has 2 aromatic rings. The second-order valence-electron chi connectivity index (χ2n) is 5.38. The lowest BCUT2D eigenvalue weighted by Crippen LogP contribution is -2.35. The zero-order valence-electron chi connectivity index (χ0n) is 11.9. The van der Waals surface area contributed by atoms with E-state index in [9.17, 15) is 9.90 Å². The summed E-state index contributed by atoms with van der Waals surface area (Å²) in [5.41, 5.74) is -0.971. The van der Waals surface area contributed by atoms with Crippen molar-refractivity contribution >= 4 is 11.4 Å². The summed E-state index contributed by atoms with van der Waals surface area (Å²) in [4.78, 5) is 12.4. The zero-order valence-corrected chi connectivity index (χ0v) is 11.9. The molecule has 1 aliphatic carbocycles. The SMILES string of the molecule is CCCCC1C(=O)C=C(c2ccco2)C1(O)c1ccco1. The maximum Gasteiger partial charge on any atom is 0.163 e. The summed E-state index contributed by atoms with van der Waals surface area (Å²) in [5.74, 6) is 0.288. The van der Waals surface area contributed by atoms with Crippen molar-refractivity contribution < 1.29 is 18.7 Å². The predicted octanol–water partition coefficient (Wildman–Crippen LogP) is 3.53. The fraction of sp³-hybridized carbons (Fsp3) is 0.353. The number of carbonyl (C=O) groups excluding carboxylic acids is 1. The Kier molecular flexibility index (Phi) is 3.55. The van der Waals surface area contributed by atoms with Crippen molar-refractivity contribution in [2.75, 3.05) is 0 Å². The number of unbranched alkanes of at least 4 members (excludes halogenated alkanes) is 1. The fourth-order valence-corrected chi connectivity index (χ4v) is 3.00. The molecule has 0 bridgehead atoms. The number of ketones is 1. The smallest absolute Gasteiger partial charge is 0.163 e. The van der Waals surface area contributed by atoms with Crippen LogP contribution in [0.5, 0.6) is 0 Å². The average molecular weight is 286 g/mol. The van der Waals surface area contributed by atoms with E-state index in [2.05, 4.69) is 6.92 Å². The number of carbonyl (C=O) groups is 1. The molecule has 21 heavy (non-hydrogen) atoms. The minimum Gasteiger partial charge on any atom is -0.466 e. The van der Waals surface area contributed by atoms with Crippen molar-refractivity contribution in [1.29, 1.82) is 0 Å². The summed E-state index contributed by atoms with van der Waals surface area (Å²) in [6, 6.07) is 6.90. The summed E-state index contributed by atoms with van der Waals surface area (Å²) in [6.07, 6.45) is 6.98. The molecule has 2 aromatic heterocycles. The molecule has 2 atom stereocenters. The van der Waals surface area contributed by atoms with Crippen molar-refractivity contribution in [3.63, 3.8) is 0 Å². The van der Waals surface area contributed by atoms with Crippen LogP contribution in [0, 0.1) is 5.92 Å². The van der Waals surface area contributed by atoms with Gasteiger partial charge in [0.1, 0.15) is 11.5 Å². The number of rotatable bonds is 5. The van der Waals surface area contributed by atoms with Gasteiger partial charge in [0.25, 0.3) is 0 Å². The number of allylic oxidation sites excluding steroid dienone is 1. The molecule has 110 valence electrons. The molecule has 4 nitrogen and oxygen atoms in total. The monoisotopic (exact) mass is 286 g/mol. The Hall–Kier alpha value is -2.07. The van der Waals surface area contributed by atoms with Gasteiger partial charge >= 0.3 is 0 Å². The third kappa shape index (κ3) is 2.16. The first-order valence-electron chi connectivity index (χ1n) is 7.24. The van der Waals surface area contributed by atoms with Crippen LogP contribution < -0.4 is 0 Å². The summed E-state index contributed by atoms with van der Waals surface area (Å²) < 4.78 is 10.8. The van der Waals surface area contributed by atoms with Crippen LogP contribution in [-0.4, -0.2) is 10.9 Å². The fourth-order valence-electron chi connectivity index (χ4n) is 3.00. The molecule has 3 rings (SSSR count). The molecule has 0 aliphatic heterocycles. The van der Waals surface area contributed by atoms with E-state index >= 15 is 0 Å². The zero-order chi connectivity index (χ0) is 14.9. The molecule has 0 aromatic carbocycles. The molecule has 2 unspecified atom stereocenters. The van der Waals surface area contributed by atoms with Crippen molar-refractivity contribution in [2.45, 2.75) is 31.8 Å². The summed E-state index contributed by atoms with van der Waals surface area (Å²) in [6.45, 7) is 2.06. The van der Waals surface area contributed by atoms with E-state index in [1.54, 1.807) is 24.3 Å². The first-order chi connectivity index (χ1) is 10.2. The third-order valence-corrected chi connectivity index (χ3v) is 4.07. The molecule has 2 heterocycles. The van der Waals surface area contributed by atoms with Gasteiger partial charge in [-0.1, -0.05) is 19.8 Å². The van der Waals surface area contributed by atoms with E-state index in [0.29, 0.717) is 23.5 Å². The molecule has 0 fully saturated rings.